The van der Waals surface area contributed by atoms with Crippen LogP contribution in [0.1, 0.15) is 75.7 Å². The van der Waals surface area contributed by atoms with Crippen LogP contribution in [0.4, 0.5) is 32.2 Å². The first-order valence-corrected chi connectivity index (χ1v) is 21.5. The number of ether oxygens (including phenoxy) is 2. The number of alkyl halides is 6. The highest BCUT2D eigenvalue weighted by atomic mass is 19.4. The number of nitrogens with two attached hydrogens (primary N) is 1. The van der Waals surface area contributed by atoms with Crippen molar-refractivity contribution in [2.45, 2.75) is 58.2 Å². The molecule has 0 aliphatic carbocycles. The van der Waals surface area contributed by atoms with E-state index in [9.17, 15) is 40.7 Å². The fourth-order valence-corrected chi connectivity index (χ4v) is 7.44. The van der Waals surface area contributed by atoms with E-state index in [1.54, 1.807) is 47.7 Å². The molecule has 1 atom stereocenters. The van der Waals surface area contributed by atoms with Crippen LogP contribution in [0.3, 0.4) is 0 Å². The number of anilines is 1. The Hall–Kier alpha value is -7.46. The molecule has 7 rings (SSSR count). The Morgan fingerprint density at radius 3 is 1.81 bits per heavy atom. The molecule has 15 nitrogen and oxygen atoms in total. The number of carbonyl (C=O) groups excluding carboxylic acids is 3. The molecule has 6 aromatic rings. The number of nitrogens with zero attached hydrogens (tertiary/aromatic N) is 5. The van der Waals surface area contributed by atoms with E-state index in [0.29, 0.717) is 40.8 Å². The lowest BCUT2D eigenvalue weighted by molar-refractivity contribution is -0.139. The third-order valence-corrected chi connectivity index (χ3v) is 10.9. The number of hydrogen-bond donors (Lipinski definition) is 5. The van der Waals surface area contributed by atoms with Crippen molar-refractivity contribution in [1.29, 1.82) is 0 Å². The number of likely N-dealkylation sites (tertiary alicyclic amines) is 1. The van der Waals surface area contributed by atoms with E-state index in [1.165, 1.54) is 36.7 Å². The van der Waals surface area contributed by atoms with Gasteiger partial charge in [-0.25, -0.2) is 14.6 Å². The number of piperidine rings is 1. The van der Waals surface area contributed by atoms with Crippen molar-refractivity contribution in [1.82, 2.24) is 35.3 Å². The van der Waals surface area contributed by atoms with Crippen LogP contribution in [-0.2, 0) is 30.2 Å². The van der Waals surface area contributed by atoms with Crippen molar-refractivity contribution in [3.8, 4) is 22.8 Å². The summed E-state index contributed by atoms with van der Waals surface area (Å²) in [6.07, 6.45) is -5.02. The predicted molar refractivity (Wildman–Crippen MR) is 244 cm³/mol. The molecule has 4 aromatic carbocycles. The fourth-order valence-electron chi connectivity index (χ4n) is 7.44. The third kappa shape index (κ3) is 12.6. The first-order chi connectivity index (χ1) is 32.8. The van der Waals surface area contributed by atoms with Crippen LogP contribution in [-0.4, -0.2) is 85.8 Å². The summed E-state index contributed by atoms with van der Waals surface area (Å²) in [5.74, 6) is -1.83. The zero-order chi connectivity index (χ0) is 50.0. The van der Waals surface area contributed by atoms with Crippen LogP contribution >= 0.6 is 0 Å². The molecule has 362 valence electrons. The first kappa shape index (κ1) is 50.9. The van der Waals surface area contributed by atoms with Gasteiger partial charge in [-0.05, 0) is 85.8 Å². The number of nitrogens with one attached hydrogen (secondary N) is 2. The SMILES string of the molecule is C=CC(=O)N1CCC[C@@H](n2nc(-c3ccc(CNC(=O)c4ccc(OCC)c(C(F)(F)F)c4)cc3)c3c(N)ncnc32)C1.CCOc1ccc(C(=O)NCc2ccc(B(O)O)cc2)cc1C(F)(F)F. The largest absolute Gasteiger partial charge is 0.493 e. The second-order valence-electron chi connectivity index (χ2n) is 15.5. The van der Waals surface area contributed by atoms with Gasteiger partial charge in [0.25, 0.3) is 11.8 Å². The summed E-state index contributed by atoms with van der Waals surface area (Å²) < 4.78 is 91.6. The van der Waals surface area contributed by atoms with Gasteiger partial charge in [0.05, 0.1) is 35.8 Å². The van der Waals surface area contributed by atoms with E-state index in [2.05, 4.69) is 27.2 Å². The van der Waals surface area contributed by atoms with Gasteiger partial charge >= 0.3 is 19.5 Å². The molecule has 3 heterocycles. The Morgan fingerprint density at radius 2 is 1.33 bits per heavy atom. The van der Waals surface area contributed by atoms with Gasteiger partial charge in [-0.3, -0.25) is 14.4 Å². The lowest BCUT2D eigenvalue weighted by Gasteiger charge is -2.32. The average Bonchev–Trinajstić information content (AvgIpc) is 3.73. The monoisotopic (exact) mass is 960 g/mol. The first-order valence-electron chi connectivity index (χ1n) is 21.5. The summed E-state index contributed by atoms with van der Waals surface area (Å²) in [5, 5.41) is 28.7. The number of carbonyl (C=O) groups is 3. The van der Waals surface area contributed by atoms with E-state index < -0.39 is 42.4 Å². The molecule has 22 heteroatoms. The smallest absolute Gasteiger partial charge is 0.488 e. The van der Waals surface area contributed by atoms with Gasteiger partial charge in [0.2, 0.25) is 5.91 Å². The van der Waals surface area contributed by atoms with Crippen LogP contribution in [0, 0.1) is 0 Å². The summed E-state index contributed by atoms with van der Waals surface area (Å²) in [5.41, 5.74) is 7.52. The zero-order valence-electron chi connectivity index (χ0n) is 37.3. The molecule has 1 fully saturated rings. The minimum Gasteiger partial charge on any atom is -0.493 e. The highest BCUT2D eigenvalue weighted by Gasteiger charge is 2.36. The van der Waals surface area contributed by atoms with E-state index in [1.807, 2.05) is 12.1 Å². The zero-order valence-corrected chi connectivity index (χ0v) is 37.3. The molecule has 1 aliphatic heterocycles. The van der Waals surface area contributed by atoms with E-state index in [-0.39, 0.29) is 66.7 Å². The summed E-state index contributed by atoms with van der Waals surface area (Å²) >= 11 is 0. The molecule has 0 unspecified atom stereocenters. The van der Waals surface area contributed by atoms with Gasteiger partial charge in [-0.15, -0.1) is 0 Å². The Kier molecular flexibility index (Phi) is 16.3. The van der Waals surface area contributed by atoms with E-state index in [4.69, 9.17) is 30.4 Å². The van der Waals surface area contributed by atoms with Crippen molar-refractivity contribution in [2.24, 2.45) is 0 Å². The number of nitrogen functional groups attached to an aromatic ring is 1. The second-order valence-corrected chi connectivity index (χ2v) is 15.5. The topological polar surface area (TPSA) is 207 Å². The number of benzene rings is 4. The molecule has 1 aliphatic rings. The van der Waals surface area contributed by atoms with Crippen LogP contribution < -0.4 is 31.3 Å². The summed E-state index contributed by atoms with van der Waals surface area (Å²) in [7, 11) is -1.59. The molecular weight excluding hydrogens is 913 g/mol. The third-order valence-electron chi connectivity index (χ3n) is 10.9. The van der Waals surface area contributed by atoms with Gasteiger partial charge in [0.1, 0.15) is 29.3 Å². The standard InChI is InChI=1S/C30H30F3N7O3.C17H17BF3NO4/c1-3-24(41)39-13-5-6-21(16-39)40-28-25(27(34)36-17-37-28)26(38-40)19-9-7-18(8-10-19)15-35-29(42)20-11-12-23(43-4-2)22(14-20)30(31,32)33;1-2-26-15-8-5-12(9-14(15)17(19,20)21)16(23)22-10-11-3-6-13(7-4-11)18(24)25/h3,7-12,14,17,21H,1,4-6,13,15-16H2,2H3,(H,35,42)(H2,34,36,37);3-9,24-25H,2,10H2,1H3,(H,22,23)/t21-;/m1./s1. The number of amides is 3. The predicted octanol–water partition coefficient (Wildman–Crippen LogP) is 6.49. The van der Waals surface area contributed by atoms with Gasteiger partial charge in [0.15, 0.2) is 5.65 Å². The number of fused-ring (bicyclic) bond motifs is 1. The van der Waals surface area contributed by atoms with Gasteiger partial charge in [0, 0.05) is 42.9 Å². The molecule has 1 saturated heterocycles. The highest BCUT2D eigenvalue weighted by Crippen LogP contribution is 2.39. The lowest BCUT2D eigenvalue weighted by atomic mass is 9.80. The molecule has 0 radical (unpaired) electrons. The fraction of sp³-hybridized carbons (Fsp3) is 0.277. The molecule has 6 N–H and O–H groups in total. The van der Waals surface area contributed by atoms with Gasteiger partial charge in [-0.2, -0.15) is 31.4 Å². The van der Waals surface area contributed by atoms with Gasteiger partial charge < -0.3 is 40.8 Å². The van der Waals surface area contributed by atoms with Crippen molar-refractivity contribution in [3.05, 3.63) is 137 Å². The van der Waals surface area contributed by atoms with Crippen LogP contribution in [0.15, 0.2) is 104 Å². The van der Waals surface area contributed by atoms with E-state index in [0.717, 1.165) is 48.2 Å². The van der Waals surface area contributed by atoms with Gasteiger partial charge in [-0.1, -0.05) is 55.1 Å². The Morgan fingerprint density at radius 1 is 0.812 bits per heavy atom. The maximum absolute atomic E-state index is 13.5. The number of aromatic nitrogens is 4. The Bertz CT molecular complexity index is 2790. The molecule has 3 amide bonds. The highest BCUT2D eigenvalue weighted by molar-refractivity contribution is 6.58. The van der Waals surface area contributed by atoms with Crippen molar-refractivity contribution in [2.75, 3.05) is 32.0 Å². The van der Waals surface area contributed by atoms with Crippen LogP contribution in [0.5, 0.6) is 11.5 Å². The maximum Gasteiger partial charge on any atom is 0.488 e. The molecule has 69 heavy (non-hydrogen) atoms. The molecule has 0 saturated carbocycles. The van der Waals surface area contributed by atoms with Crippen molar-refractivity contribution < 1.29 is 60.2 Å². The number of halogens is 6. The number of rotatable bonds is 14. The van der Waals surface area contributed by atoms with Crippen molar-refractivity contribution >= 4 is 47.2 Å². The maximum atomic E-state index is 13.5. The quantitative estimate of drug-likeness (QED) is 0.0453. The van der Waals surface area contributed by atoms with E-state index >= 15 is 0 Å². The molecular formula is C47H47BF6N8O7. The minimum atomic E-state index is -4.67. The average molecular weight is 961 g/mol. The summed E-state index contributed by atoms with van der Waals surface area (Å²) in [4.78, 5) is 47.4. The Labute approximate surface area is 392 Å². The number of hydrogen-bond acceptors (Lipinski definition) is 11. The Balaban J connectivity index is 0.000000257. The molecule has 0 spiro atoms. The molecule has 2 aromatic heterocycles. The van der Waals surface area contributed by atoms with Crippen LogP contribution in [0.2, 0.25) is 0 Å². The van der Waals surface area contributed by atoms with Crippen LogP contribution in [0.25, 0.3) is 22.3 Å². The minimum absolute atomic E-state index is 0.0657. The second kappa shape index (κ2) is 22.1. The summed E-state index contributed by atoms with van der Waals surface area (Å²) in [6, 6.07) is 19.6. The normalized spacial score (nSPS) is 13.8. The lowest BCUT2D eigenvalue weighted by Crippen LogP contribution is -2.40. The van der Waals surface area contributed by atoms with Crippen molar-refractivity contribution in [3.63, 3.8) is 0 Å². The summed E-state index contributed by atoms with van der Waals surface area (Å²) in [6.45, 7) is 8.15. The molecule has 0 bridgehead atoms.